The Morgan fingerprint density at radius 3 is 1.90 bits per heavy atom. The molecule has 2 rings (SSSR count). The fraction of sp³-hybridized carbons (Fsp3) is 0.188. The van der Waals surface area contributed by atoms with E-state index in [9.17, 15) is 4.79 Å². The van der Waals surface area contributed by atoms with Gasteiger partial charge in [-0.2, -0.15) is 0 Å². The lowest BCUT2D eigenvalue weighted by Crippen LogP contribution is -1.87. The lowest BCUT2D eigenvalue weighted by atomic mass is 10.0. The Morgan fingerprint density at radius 1 is 1.00 bits per heavy atom. The van der Waals surface area contributed by atoms with Gasteiger partial charge in [0.05, 0.1) is 5.69 Å². The Morgan fingerprint density at radius 2 is 1.55 bits per heavy atom. The summed E-state index contributed by atoms with van der Waals surface area (Å²) in [6, 6.07) is 16.8. The molecule has 0 radical (unpaired) electrons. The molecule has 0 fully saturated rings. The van der Waals surface area contributed by atoms with E-state index in [-0.39, 0.29) is 6.15 Å². The van der Waals surface area contributed by atoms with Crippen LogP contribution in [0.15, 0.2) is 54.6 Å². The molecule has 4 heteroatoms. The maximum Gasteiger partial charge on any atom is 0.150 e. The summed E-state index contributed by atoms with van der Waals surface area (Å²) in [4.78, 5) is 10.3. The Kier molecular flexibility index (Phi) is 8.67. The van der Waals surface area contributed by atoms with Crippen molar-refractivity contribution in [3.05, 3.63) is 65.7 Å². The first-order valence-electron chi connectivity index (χ1n) is 6.17. The van der Waals surface area contributed by atoms with Crippen LogP contribution in [0.5, 0.6) is 0 Å². The molecule has 4 nitrogen and oxygen atoms in total. The molecule has 0 aliphatic carbocycles. The van der Waals surface area contributed by atoms with Gasteiger partial charge in [-0.15, -0.1) is 0 Å². The van der Waals surface area contributed by atoms with E-state index in [0.717, 1.165) is 11.8 Å². The summed E-state index contributed by atoms with van der Waals surface area (Å²) in [6.07, 6.45) is 0.865. The van der Waals surface area contributed by atoms with Gasteiger partial charge in [0.25, 0.3) is 0 Å². The summed E-state index contributed by atoms with van der Waals surface area (Å²) in [5.41, 5.74) is 4.76. The molecular weight excluding hydrogens is 252 g/mol. The molecule has 0 aliphatic heterocycles. The van der Waals surface area contributed by atoms with Crippen LogP contribution in [-0.4, -0.2) is 11.5 Å². The highest BCUT2D eigenvalue weighted by Crippen LogP contribution is 2.13. The van der Waals surface area contributed by atoms with Crippen molar-refractivity contribution >= 4 is 12.0 Å². The van der Waals surface area contributed by atoms with Gasteiger partial charge in [-0.05, 0) is 23.6 Å². The van der Waals surface area contributed by atoms with Gasteiger partial charge in [0.15, 0.2) is 0 Å². The summed E-state index contributed by atoms with van der Waals surface area (Å²) in [5.74, 6) is 0.538. The zero-order valence-electron chi connectivity index (χ0n) is 11.9. The largest absolute Gasteiger partial charge is 0.344 e. The van der Waals surface area contributed by atoms with E-state index in [1.165, 1.54) is 5.56 Å². The Bertz CT molecular complexity index is 482. The molecule has 0 unspecified atom stereocenters. The van der Waals surface area contributed by atoms with E-state index < -0.39 is 0 Å². The van der Waals surface area contributed by atoms with Gasteiger partial charge in [0, 0.05) is 5.56 Å². The van der Waals surface area contributed by atoms with Crippen LogP contribution in [0.3, 0.4) is 0 Å². The van der Waals surface area contributed by atoms with Crippen LogP contribution in [0.25, 0.3) is 0 Å². The van der Waals surface area contributed by atoms with Gasteiger partial charge in [-0.25, -0.2) is 0 Å². The third-order valence-corrected chi connectivity index (χ3v) is 2.64. The van der Waals surface area contributed by atoms with E-state index in [1.807, 2.05) is 47.9 Å². The first-order valence-corrected chi connectivity index (χ1v) is 6.17. The van der Waals surface area contributed by atoms with Crippen LogP contribution >= 0.6 is 0 Å². The Labute approximate surface area is 120 Å². The van der Waals surface area contributed by atoms with Crippen molar-refractivity contribution in [2.24, 2.45) is 0 Å². The quantitative estimate of drug-likeness (QED) is 0.576. The van der Waals surface area contributed by atoms with E-state index in [1.54, 1.807) is 12.1 Å². The monoisotopic (exact) mass is 274 g/mol. The molecule has 0 saturated carbocycles. The zero-order chi connectivity index (χ0) is 14.1. The summed E-state index contributed by atoms with van der Waals surface area (Å²) in [5, 5.41) is 8.29. The van der Waals surface area contributed by atoms with Gasteiger partial charge in [-0.1, -0.05) is 56.3 Å². The van der Waals surface area contributed by atoms with Crippen molar-refractivity contribution < 1.29 is 10.0 Å². The summed E-state index contributed by atoms with van der Waals surface area (Å²) in [6.45, 7) is 4.27. The van der Waals surface area contributed by atoms with Gasteiger partial charge in [0.2, 0.25) is 0 Å². The van der Waals surface area contributed by atoms with E-state index >= 15 is 0 Å². The zero-order valence-corrected chi connectivity index (χ0v) is 11.9. The van der Waals surface area contributed by atoms with E-state index in [0.29, 0.717) is 11.6 Å². The molecule has 0 saturated heterocycles. The van der Waals surface area contributed by atoms with E-state index in [4.69, 9.17) is 5.21 Å². The second-order valence-corrected chi connectivity index (χ2v) is 4.42. The van der Waals surface area contributed by atoms with Crippen LogP contribution in [0.4, 0.5) is 5.69 Å². The van der Waals surface area contributed by atoms with Gasteiger partial charge in [0.1, 0.15) is 6.29 Å². The number of carbonyl (C=O) groups excluding carboxylic acids is 1. The second kappa shape index (κ2) is 9.72. The number of benzene rings is 2. The highest BCUT2D eigenvalue weighted by molar-refractivity contribution is 5.74. The number of aldehydes is 1. The maximum atomic E-state index is 10.3. The molecule has 0 amide bonds. The SMILES string of the molecule is CC(C)c1ccc(C=O)cc1.N.ONc1ccccc1. The molecular formula is C16H22N2O2. The van der Waals surface area contributed by atoms with Gasteiger partial charge in [-0.3, -0.25) is 15.5 Å². The summed E-state index contributed by atoms with van der Waals surface area (Å²) < 4.78 is 0. The maximum absolute atomic E-state index is 10.3. The number of nitrogens with one attached hydrogen (secondary N) is 1. The van der Waals surface area contributed by atoms with E-state index in [2.05, 4.69) is 13.8 Å². The molecule has 5 N–H and O–H groups in total. The molecule has 0 aliphatic rings. The first-order chi connectivity index (χ1) is 9.17. The molecule has 2 aromatic carbocycles. The molecule has 0 spiro atoms. The van der Waals surface area contributed by atoms with Crippen molar-refractivity contribution in [2.75, 3.05) is 5.48 Å². The molecule has 0 atom stereocenters. The number of rotatable bonds is 3. The molecule has 0 heterocycles. The number of carbonyl (C=O) groups is 1. The van der Waals surface area contributed by atoms with Crippen molar-refractivity contribution in [3.8, 4) is 0 Å². The summed E-state index contributed by atoms with van der Waals surface area (Å²) >= 11 is 0. The van der Waals surface area contributed by atoms with Crippen LogP contribution in [0.1, 0.15) is 35.7 Å². The third kappa shape index (κ3) is 6.13. The van der Waals surface area contributed by atoms with Crippen molar-refractivity contribution in [2.45, 2.75) is 19.8 Å². The standard InChI is InChI=1S/C10H12O.C6H7NO.H3N/c1-8(2)10-5-3-9(7-11)4-6-10;8-7-6-4-2-1-3-5-6;/h3-8H,1-2H3;1-5,7-8H;1H3. The first kappa shape index (κ1) is 17.8. The number of hydrogen-bond donors (Lipinski definition) is 3. The highest BCUT2D eigenvalue weighted by Gasteiger charge is 1.96. The summed E-state index contributed by atoms with van der Waals surface area (Å²) in [7, 11) is 0. The second-order valence-electron chi connectivity index (χ2n) is 4.42. The van der Waals surface area contributed by atoms with Crippen molar-refractivity contribution in [1.82, 2.24) is 6.15 Å². The Hall–Kier alpha value is -2.17. The van der Waals surface area contributed by atoms with Crippen LogP contribution in [-0.2, 0) is 0 Å². The normalized spacial score (nSPS) is 9.00. The smallest absolute Gasteiger partial charge is 0.150 e. The third-order valence-electron chi connectivity index (χ3n) is 2.64. The highest BCUT2D eigenvalue weighted by atomic mass is 16.5. The topological polar surface area (TPSA) is 84.3 Å². The van der Waals surface area contributed by atoms with Crippen LogP contribution in [0.2, 0.25) is 0 Å². The molecule has 108 valence electrons. The molecule has 20 heavy (non-hydrogen) atoms. The lowest BCUT2D eigenvalue weighted by Gasteiger charge is -2.03. The molecule has 0 bridgehead atoms. The number of hydrogen-bond acceptors (Lipinski definition) is 4. The minimum atomic E-state index is 0. The number of anilines is 1. The van der Waals surface area contributed by atoms with Crippen LogP contribution in [0, 0.1) is 0 Å². The lowest BCUT2D eigenvalue weighted by molar-refractivity contribution is 0.112. The average molecular weight is 274 g/mol. The fourth-order valence-electron chi connectivity index (χ4n) is 1.47. The minimum Gasteiger partial charge on any atom is -0.344 e. The molecule has 2 aromatic rings. The minimum absolute atomic E-state index is 0. The predicted molar refractivity (Wildman–Crippen MR) is 82.8 cm³/mol. The average Bonchev–Trinajstić information content (AvgIpc) is 2.48. The molecule has 0 aromatic heterocycles. The number of para-hydroxylation sites is 1. The van der Waals surface area contributed by atoms with Crippen molar-refractivity contribution in [1.29, 1.82) is 0 Å². The van der Waals surface area contributed by atoms with Crippen LogP contribution < -0.4 is 11.6 Å². The van der Waals surface area contributed by atoms with Gasteiger partial charge < -0.3 is 6.15 Å². The van der Waals surface area contributed by atoms with Crippen molar-refractivity contribution in [3.63, 3.8) is 0 Å². The fourth-order valence-corrected chi connectivity index (χ4v) is 1.47. The van der Waals surface area contributed by atoms with Gasteiger partial charge >= 0.3 is 0 Å². The predicted octanol–water partition coefficient (Wildman–Crippen LogP) is 4.27. The Balaban J connectivity index is 0.000000359.